The number of hydrogen-bond acceptors (Lipinski definition) is 4. The quantitative estimate of drug-likeness (QED) is 0.588. The Morgan fingerprint density at radius 3 is 2.84 bits per heavy atom. The molecular weight excluding hydrogens is 303 g/mol. The van der Waals surface area contributed by atoms with Gasteiger partial charge in [0.15, 0.2) is 5.65 Å². The SMILES string of the molecule is Clc1ccc(CSc2ncnc3nc[nH]c23)cc1Cl. The maximum Gasteiger partial charge on any atom is 0.181 e. The zero-order chi connectivity index (χ0) is 13.2. The molecule has 0 radical (unpaired) electrons. The lowest BCUT2D eigenvalue weighted by Gasteiger charge is -2.03. The molecule has 19 heavy (non-hydrogen) atoms. The van der Waals surface area contributed by atoms with Crippen molar-refractivity contribution in [3.05, 3.63) is 46.5 Å². The van der Waals surface area contributed by atoms with E-state index in [4.69, 9.17) is 23.2 Å². The number of fused-ring (bicyclic) bond motifs is 1. The van der Waals surface area contributed by atoms with Crippen LogP contribution in [-0.4, -0.2) is 19.9 Å². The van der Waals surface area contributed by atoms with E-state index in [1.54, 1.807) is 24.2 Å². The van der Waals surface area contributed by atoms with Gasteiger partial charge in [-0.05, 0) is 17.7 Å². The molecule has 2 heterocycles. The fraction of sp³-hybridized carbons (Fsp3) is 0.0833. The van der Waals surface area contributed by atoms with Crippen LogP contribution in [0.2, 0.25) is 10.0 Å². The topological polar surface area (TPSA) is 54.5 Å². The Morgan fingerprint density at radius 2 is 2.00 bits per heavy atom. The van der Waals surface area contributed by atoms with Crippen LogP contribution in [0.5, 0.6) is 0 Å². The monoisotopic (exact) mass is 310 g/mol. The second kappa shape index (κ2) is 5.36. The highest BCUT2D eigenvalue weighted by molar-refractivity contribution is 7.98. The average molecular weight is 311 g/mol. The number of halogens is 2. The Labute approximate surface area is 123 Å². The first-order chi connectivity index (χ1) is 9.24. The van der Waals surface area contributed by atoms with Crippen LogP contribution in [0.15, 0.2) is 35.9 Å². The first-order valence-corrected chi connectivity index (χ1v) is 7.19. The molecule has 1 N–H and O–H groups in total. The van der Waals surface area contributed by atoms with E-state index in [0.717, 1.165) is 21.9 Å². The molecule has 0 aliphatic heterocycles. The van der Waals surface area contributed by atoms with E-state index < -0.39 is 0 Å². The van der Waals surface area contributed by atoms with Gasteiger partial charge in [-0.1, -0.05) is 41.0 Å². The largest absolute Gasteiger partial charge is 0.341 e. The van der Waals surface area contributed by atoms with Crippen LogP contribution in [0.3, 0.4) is 0 Å². The van der Waals surface area contributed by atoms with Gasteiger partial charge in [-0.25, -0.2) is 15.0 Å². The van der Waals surface area contributed by atoms with E-state index >= 15 is 0 Å². The van der Waals surface area contributed by atoms with E-state index in [0.29, 0.717) is 15.7 Å². The van der Waals surface area contributed by atoms with Gasteiger partial charge in [0.1, 0.15) is 16.9 Å². The van der Waals surface area contributed by atoms with Crippen LogP contribution in [0, 0.1) is 0 Å². The molecule has 0 aliphatic carbocycles. The lowest BCUT2D eigenvalue weighted by Crippen LogP contribution is -1.87. The summed E-state index contributed by atoms with van der Waals surface area (Å²) >= 11 is 13.5. The van der Waals surface area contributed by atoms with Crippen molar-refractivity contribution in [1.29, 1.82) is 0 Å². The van der Waals surface area contributed by atoms with Crippen molar-refractivity contribution >= 4 is 46.1 Å². The lowest BCUT2D eigenvalue weighted by atomic mass is 10.2. The van der Waals surface area contributed by atoms with E-state index in [-0.39, 0.29) is 0 Å². The first-order valence-electron chi connectivity index (χ1n) is 5.45. The van der Waals surface area contributed by atoms with Gasteiger partial charge in [-0.3, -0.25) is 0 Å². The van der Waals surface area contributed by atoms with Gasteiger partial charge in [-0.15, -0.1) is 0 Å². The van der Waals surface area contributed by atoms with Gasteiger partial charge >= 0.3 is 0 Å². The van der Waals surface area contributed by atoms with E-state index in [1.807, 2.05) is 12.1 Å². The summed E-state index contributed by atoms with van der Waals surface area (Å²) in [4.78, 5) is 15.5. The number of benzene rings is 1. The number of aromatic nitrogens is 4. The first kappa shape index (κ1) is 12.7. The van der Waals surface area contributed by atoms with Crippen molar-refractivity contribution in [2.75, 3.05) is 0 Å². The van der Waals surface area contributed by atoms with Crippen molar-refractivity contribution in [2.45, 2.75) is 10.8 Å². The molecule has 3 rings (SSSR count). The third-order valence-electron chi connectivity index (χ3n) is 2.55. The summed E-state index contributed by atoms with van der Waals surface area (Å²) in [5, 5.41) is 2.00. The van der Waals surface area contributed by atoms with Crippen LogP contribution in [0.25, 0.3) is 11.2 Å². The maximum atomic E-state index is 5.99. The molecule has 4 nitrogen and oxygen atoms in total. The van der Waals surface area contributed by atoms with Gasteiger partial charge in [0, 0.05) is 5.75 Å². The summed E-state index contributed by atoms with van der Waals surface area (Å²) in [6.07, 6.45) is 3.13. The Hall–Kier alpha value is -1.30. The summed E-state index contributed by atoms with van der Waals surface area (Å²) in [6, 6.07) is 5.61. The van der Waals surface area contributed by atoms with Crippen molar-refractivity contribution in [3.63, 3.8) is 0 Å². The second-order valence-electron chi connectivity index (χ2n) is 3.82. The van der Waals surface area contributed by atoms with Crippen molar-refractivity contribution < 1.29 is 0 Å². The van der Waals surface area contributed by atoms with Crippen LogP contribution in [0.4, 0.5) is 0 Å². The molecule has 0 spiro atoms. The second-order valence-corrected chi connectivity index (χ2v) is 5.60. The van der Waals surface area contributed by atoms with Crippen molar-refractivity contribution in [2.24, 2.45) is 0 Å². The lowest BCUT2D eigenvalue weighted by molar-refractivity contribution is 1.08. The minimum Gasteiger partial charge on any atom is -0.341 e. The number of thioether (sulfide) groups is 1. The zero-order valence-corrected chi connectivity index (χ0v) is 11.9. The minimum absolute atomic E-state index is 0.563. The summed E-state index contributed by atoms with van der Waals surface area (Å²) < 4.78 is 0. The minimum atomic E-state index is 0.563. The highest BCUT2D eigenvalue weighted by atomic mass is 35.5. The molecule has 0 fully saturated rings. The van der Waals surface area contributed by atoms with Crippen molar-refractivity contribution in [3.8, 4) is 0 Å². The van der Waals surface area contributed by atoms with Gasteiger partial charge in [-0.2, -0.15) is 0 Å². The number of nitrogens with zero attached hydrogens (tertiary/aromatic N) is 3. The fourth-order valence-electron chi connectivity index (χ4n) is 1.63. The van der Waals surface area contributed by atoms with E-state index in [1.165, 1.54) is 6.33 Å². The molecule has 0 saturated heterocycles. The normalized spacial score (nSPS) is 11.1. The van der Waals surface area contributed by atoms with Crippen LogP contribution in [-0.2, 0) is 5.75 Å². The summed E-state index contributed by atoms with van der Waals surface area (Å²) in [7, 11) is 0. The van der Waals surface area contributed by atoms with Gasteiger partial charge in [0.2, 0.25) is 0 Å². The predicted octanol–water partition coefficient (Wildman–Crippen LogP) is 3.95. The van der Waals surface area contributed by atoms with Gasteiger partial charge in [0.25, 0.3) is 0 Å². The molecule has 1 aromatic carbocycles. The molecule has 96 valence electrons. The smallest absolute Gasteiger partial charge is 0.181 e. The number of rotatable bonds is 3. The van der Waals surface area contributed by atoms with E-state index in [9.17, 15) is 0 Å². The summed E-state index contributed by atoms with van der Waals surface area (Å²) in [5.41, 5.74) is 2.62. The van der Waals surface area contributed by atoms with Crippen molar-refractivity contribution in [1.82, 2.24) is 19.9 Å². The van der Waals surface area contributed by atoms with Crippen LogP contribution >= 0.6 is 35.0 Å². The molecule has 0 amide bonds. The van der Waals surface area contributed by atoms with Crippen LogP contribution in [0.1, 0.15) is 5.56 Å². The Balaban J connectivity index is 1.82. The fourth-order valence-corrected chi connectivity index (χ4v) is 2.85. The Kier molecular flexibility index (Phi) is 3.59. The molecule has 0 saturated carbocycles. The number of nitrogens with one attached hydrogen (secondary N) is 1. The number of H-pyrrole nitrogens is 1. The third kappa shape index (κ3) is 2.68. The highest BCUT2D eigenvalue weighted by Crippen LogP contribution is 2.28. The summed E-state index contributed by atoms with van der Waals surface area (Å²) in [5.74, 6) is 0.752. The van der Waals surface area contributed by atoms with Gasteiger partial charge in [0.05, 0.1) is 16.4 Å². The zero-order valence-electron chi connectivity index (χ0n) is 9.60. The third-order valence-corrected chi connectivity index (χ3v) is 4.35. The molecule has 7 heteroatoms. The molecule has 3 aromatic rings. The van der Waals surface area contributed by atoms with Gasteiger partial charge < -0.3 is 4.98 Å². The molecule has 0 bridgehead atoms. The number of imidazole rings is 1. The molecular formula is C12H8Cl2N4S. The Bertz CT molecular complexity index is 729. The van der Waals surface area contributed by atoms with E-state index in [2.05, 4.69) is 19.9 Å². The molecule has 2 aromatic heterocycles. The standard InChI is InChI=1S/C12H8Cl2N4S/c13-8-2-1-7(3-9(8)14)4-19-12-10-11(16-5-15-10)17-6-18-12/h1-3,5-6H,4H2,(H,15,16,17,18). The molecule has 0 aliphatic rings. The number of hydrogen-bond donors (Lipinski definition) is 1. The molecule has 0 unspecified atom stereocenters. The van der Waals surface area contributed by atoms with Crippen LogP contribution < -0.4 is 0 Å². The molecule has 0 atom stereocenters. The predicted molar refractivity (Wildman–Crippen MR) is 77.7 cm³/mol. The number of aromatic amines is 1. The Morgan fingerprint density at radius 1 is 1.11 bits per heavy atom. The summed E-state index contributed by atoms with van der Waals surface area (Å²) in [6.45, 7) is 0. The maximum absolute atomic E-state index is 5.99. The average Bonchev–Trinajstić information content (AvgIpc) is 2.89. The highest BCUT2D eigenvalue weighted by Gasteiger charge is 2.07.